The van der Waals surface area contributed by atoms with Crippen molar-refractivity contribution in [2.45, 2.75) is 26.9 Å². The number of carbonyl (C=O) groups is 1. The normalized spacial score (nSPS) is 11.0. The Labute approximate surface area is 156 Å². The molecule has 0 atom stereocenters. The van der Waals surface area contributed by atoms with Crippen molar-refractivity contribution in [3.63, 3.8) is 0 Å². The van der Waals surface area contributed by atoms with Crippen molar-refractivity contribution >= 4 is 17.5 Å². The molecule has 1 amide bonds. The zero-order chi connectivity index (χ0) is 18.8. The number of aromatic nitrogens is 1. The van der Waals surface area contributed by atoms with Gasteiger partial charge in [0.05, 0.1) is 18.4 Å². The fourth-order valence-electron chi connectivity index (χ4n) is 3.02. The molecule has 6 heteroatoms. The van der Waals surface area contributed by atoms with E-state index in [1.807, 2.05) is 36.6 Å². The van der Waals surface area contributed by atoms with E-state index in [9.17, 15) is 9.18 Å². The van der Waals surface area contributed by atoms with Crippen LogP contribution in [0.25, 0.3) is 0 Å². The van der Waals surface area contributed by atoms with E-state index in [0.29, 0.717) is 22.7 Å². The van der Waals surface area contributed by atoms with Crippen molar-refractivity contribution in [2.75, 3.05) is 7.05 Å². The molecule has 0 fully saturated rings. The summed E-state index contributed by atoms with van der Waals surface area (Å²) in [6, 6.07) is 10.1. The second-order valence-corrected chi connectivity index (χ2v) is 6.72. The van der Waals surface area contributed by atoms with E-state index in [2.05, 4.69) is 0 Å². The van der Waals surface area contributed by atoms with Gasteiger partial charge in [0.25, 0.3) is 5.91 Å². The average molecular weight is 375 g/mol. The first-order valence-electron chi connectivity index (χ1n) is 8.26. The maximum atomic E-state index is 14.0. The predicted octanol–water partition coefficient (Wildman–Crippen LogP) is 4.81. The lowest BCUT2D eigenvalue weighted by Crippen LogP contribution is -2.27. The van der Waals surface area contributed by atoms with Gasteiger partial charge >= 0.3 is 0 Å². The molecule has 2 heterocycles. The number of benzene rings is 1. The minimum atomic E-state index is -0.416. The Morgan fingerprint density at radius 3 is 2.69 bits per heavy atom. The number of hydrogen-bond acceptors (Lipinski definition) is 2. The maximum Gasteiger partial charge on any atom is 0.255 e. The Kier molecular flexibility index (Phi) is 5.18. The molecule has 3 aromatic rings. The Morgan fingerprint density at radius 1 is 1.27 bits per heavy atom. The molecule has 0 spiro atoms. The fourth-order valence-corrected chi connectivity index (χ4v) is 3.24. The van der Waals surface area contributed by atoms with E-state index in [1.54, 1.807) is 25.4 Å². The van der Waals surface area contributed by atoms with E-state index in [4.69, 9.17) is 16.0 Å². The number of nitrogens with zero attached hydrogens (tertiary/aromatic N) is 2. The summed E-state index contributed by atoms with van der Waals surface area (Å²) in [5, 5.41) is 0.313. The van der Waals surface area contributed by atoms with Crippen LogP contribution in [0.15, 0.2) is 47.1 Å². The molecule has 2 aromatic heterocycles. The van der Waals surface area contributed by atoms with E-state index >= 15 is 0 Å². The van der Waals surface area contributed by atoms with E-state index in [0.717, 1.165) is 17.1 Å². The molecule has 3 rings (SSSR count). The van der Waals surface area contributed by atoms with E-state index in [1.165, 1.54) is 11.0 Å². The smallest absolute Gasteiger partial charge is 0.255 e. The van der Waals surface area contributed by atoms with Crippen molar-refractivity contribution in [2.24, 2.45) is 0 Å². The second kappa shape index (κ2) is 7.38. The number of hydrogen-bond donors (Lipinski definition) is 0. The van der Waals surface area contributed by atoms with Crippen LogP contribution in [0.5, 0.6) is 0 Å². The molecule has 1 aromatic carbocycles. The summed E-state index contributed by atoms with van der Waals surface area (Å²) in [4.78, 5) is 14.4. The summed E-state index contributed by atoms with van der Waals surface area (Å²) in [6.45, 7) is 4.50. The van der Waals surface area contributed by atoms with Gasteiger partial charge in [-0.2, -0.15) is 0 Å². The number of halogens is 2. The third-order valence-electron chi connectivity index (χ3n) is 4.50. The van der Waals surface area contributed by atoms with Gasteiger partial charge in [-0.1, -0.05) is 17.7 Å². The van der Waals surface area contributed by atoms with Crippen molar-refractivity contribution in [3.8, 4) is 0 Å². The van der Waals surface area contributed by atoms with Gasteiger partial charge in [0.2, 0.25) is 0 Å². The van der Waals surface area contributed by atoms with E-state index < -0.39 is 5.82 Å². The second-order valence-electron chi connectivity index (χ2n) is 6.31. The van der Waals surface area contributed by atoms with Crippen LogP contribution < -0.4 is 0 Å². The molecule has 136 valence electrons. The molecule has 4 nitrogen and oxygen atoms in total. The first-order chi connectivity index (χ1) is 12.4. The highest BCUT2D eigenvalue weighted by Gasteiger charge is 2.21. The molecule has 0 unspecified atom stereocenters. The van der Waals surface area contributed by atoms with Crippen LogP contribution >= 0.6 is 11.6 Å². The van der Waals surface area contributed by atoms with Crippen LogP contribution in [0.4, 0.5) is 4.39 Å². The summed E-state index contributed by atoms with van der Waals surface area (Å²) in [5.74, 6) is 0.223. The number of carbonyl (C=O) groups excluding carboxylic acids is 1. The maximum absolute atomic E-state index is 14.0. The highest BCUT2D eigenvalue weighted by molar-refractivity contribution is 6.31. The number of aryl methyl sites for hydroxylation is 1. The lowest BCUT2D eigenvalue weighted by Gasteiger charge is -2.18. The monoisotopic (exact) mass is 374 g/mol. The molecule has 0 saturated carbocycles. The van der Waals surface area contributed by atoms with Gasteiger partial charge in [0.15, 0.2) is 0 Å². The molecular weight excluding hydrogens is 355 g/mol. The lowest BCUT2D eigenvalue weighted by molar-refractivity contribution is 0.0783. The molecule has 0 aliphatic rings. The molecule has 0 saturated heterocycles. The van der Waals surface area contributed by atoms with Crippen LogP contribution in [0.1, 0.15) is 33.1 Å². The summed E-state index contributed by atoms with van der Waals surface area (Å²) in [7, 11) is 1.64. The third-order valence-corrected chi connectivity index (χ3v) is 4.86. The topological polar surface area (TPSA) is 38.4 Å². The van der Waals surface area contributed by atoms with Crippen LogP contribution in [-0.2, 0) is 13.1 Å². The molecule has 0 aliphatic carbocycles. The standard InChI is InChI=1S/C20H20ClFN2O2/c1-13-10-16(14(2)24(13)11-15-6-5-9-26-15)20(25)23(3)12-17-18(21)7-4-8-19(17)22/h4-10H,11-12H2,1-3H3. The molecule has 0 bridgehead atoms. The number of rotatable bonds is 5. The first-order valence-corrected chi connectivity index (χ1v) is 8.63. The van der Waals surface area contributed by atoms with Gasteiger partial charge in [0, 0.05) is 35.6 Å². The highest BCUT2D eigenvalue weighted by Crippen LogP contribution is 2.23. The first kappa shape index (κ1) is 18.3. The lowest BCUT2D eigenvalue weighted by atomic mass is 10.1. The minimum absolute atomic E-state index is 0.103. The van der Waals surface area contributed by atoms with Gasteiger partial charge in [-0.25, -0.2) is 4.39 Å². The van der Waals surface area contributed by atoms with E-state index in [-0.39, 0.29) is 12.5 Å². The van der Waals surface area contributed by atoms with Crippen LogP contribution in [0, 0.1) is 19.7 Å². The van der Waals surface area contributed by atoms with Gasteiger partial charge in [-0.15, -0.1) is 0 Å². The highest BCUT2D eigenvalue weighted by atomic mass is 35.5. The Bertz CT molecular complexity index is 911. The largest absolute Gasteiger partial charge is 0.467 e. The van der Waals surface area contributed by atoms with Gasteiger partial charge < -0.3 is 13.9 Å². The van der Waals surface area contributed by atoms with Crippen molar-refractivity contribution < 1.29 is 13.6 Å². The fraction of sp³-hybridized carbons (Fsp3) is 0.250. The van der Waals surface area contributed by atoms with Crippen molar-refractivity contribution in [1.82, 2.24) is 9.47 Å². The van der Waals surface area contributed by atoms with Gasteiger partial charge in [-0.3, -0.25) is 4.79 Å². The molecule has 0 N–H and O–H groups in total. The summed E-state index contributed by atoms with van der Waals surface area (Å²) < 4.78 is 21.4. The third kappa shape index (κ3) is 3.53. The molecule has 26 heavy (non-hydrogen) atoms. The SMILES string of the molecule is Cc1cc(C(=O)N(C)Cc2c(F)cccc2Cl)c(C)n1Cc1ccco1. The van der Waals surface area contributed by atoms with Crippen LogP contribution in [-0.4, -0.2) is 22.4 Å². The average Bonchev–Trinajstić information content (AvgIpc) is 3.21. The minimum Gasteiger partial charge on any atom is -0.467 e. The summed E-state index contributed by atoms with van der Waals surface area (Å²) >= 11 is 6.07. The van der Waals surface area contributed by atoms with Crippen molar-refractivity contribution in [1.29, 1.82) is 0 Å². The Balaban J connectivity index is 1.83. The molecular formula is C20H20ClFN2O2. The zero-order valence-corrected chi connectivity index (χ0v) is 15.7. The quantitative estimate of drug-likeness (QED) is 0.642. The zero-order valence-electron chi connectivity index (χ0n) is 14.9. The Morgan fingerprint density at radius 2 is 2.04 bits per heavy atom. The number of furan rings is 1. The molecule has 0 radical (unpaired) electrons. The van der Waals surface area contributed by atoms with Gasteiger partial charge in [0.1, 0.15) is 11.6 Å². The number of amides is 1. The predicted molar refractivity (Wildman–Crippen MR) is 98.9 cm³/mol. The van der Waals surface area contributed by atoms with Gasteiger partial charge in [-0.05, 0) is 44.2 Å². The molecule has 0 aliphatic heterocycles. The van der Waals surface area contributed by atoms with Crippen LogP contribution in [0.2, 0.25) is 5.02 Å². The van der Waals surface area contributed by atoms with Crippen molar-refractivity contribution in [3.05, 3.63) is 81.8 Å². The van der Waals surface area contributed by atoms with Crippen LogP contribution in [0.3, 0.4) is 0 Å². The summed E-state index contributed by atoms with van der Waals surface area (Å²) in [5.41, 5.74) is 2.70. The Hall–Kier alpha value is -2.53. The summed E-state index contributed by atoms with van der Waals surface area (Å²) in [6.07, 6.45) is 1.63.